The molecule has 3 aromatic rings. The van der Waals surface area contributed by atoms with Crippen LogP contribution in [0.4, 0.5) is 0 Å². The zero-order valence-electron chi connectivity index (χ0n) is 22.6. The number of hydrogen-bond acceptors (Lipinski definition) is 6. The molecule has 0 aliphatic rings. The van der Waals surface area contributed by atoms with E-state index in [1.807, 2.05) is 31.2 Å². The highest BCUT2D eigenvalue weighted by atomic mass is 16.5. The van der Waals surface area contributed by atoms with Gasteiger partial charge >= 0.3 is 5.97 Å². The fraction of sp³-hybridized carbons (Fsp3) is 0.312. The normalized spacial score (nSPS) is 9.97. The first kappa shape index (κ1) is 30.2. The van der Waals surface area contributed by atoms with E-state index in [2.05, 4.69) is 31.7 Å². The van der Waals surface area contributed by atoms with Gasteiger partial charge < -0.3 is 18.9 Å². The molecule has 0 radical (unpaired) electrons. The zero-order chi connectivity index (χ0) is 27.6. The number of unbranched alkanes of at least 4 members (excludes halogenated alkanes) is 3. The van der Waals surface area contributed by atoms with Gasteiger partial charge in [-0.25, -0.2) is 4.79 Å². The second-order valence-corrected chi connectivity index (χ2v) is 8.46. The van der Waals surface area contributed by atoms with Crippen LogP contribution in [0.3, 0.4) is 0 Å². The quantitative estimate of drug-likeness (QED) is 0.0970. The van der Waals surface area contributed by atoms with Crippen molar-refractivity contribution in [2.24, 2.45) is 0 Å². The third-order valence-electron chi connectivity index (χ3n) is 5.64. The Labute approximate surface area is 226 Å². The molecule has 0 aromatic heterocycles. The average Bonchev–Trinajstić information content (AvgIpc) is 2.95. The van der Waals surface area contributed by atoms with E-state index in [1.54, 1.807) is 31.4 Å². The number of esters is 1. The molecule has 0 aliphatic heterocycles. The smallest absolute Gasteiger partial charge is 0.330 e. The van der Waals surface area contributed by atoms with Crippen molar-refractivity contribution in [2.75, 3.05) is 26.9 Å². The first-order valence-corrected chi connectivity index (χ1v) is 12.9. The van der Waals surface area contributed by atoms with Crippen LogP contribution in [-0.4, -0.2) is 39.2 Å². The van der Waals surface area contributed by atoms with Crippen LogP contribution in [0.5, 0.6) is 17.2 Å². The van der Waals surface area contributed by atoms with Gasteiger partial charge in [-0.15, -0.1) is 0 Å². The fourth-order valence-corrected chi connectivity index (χ4v) is 3.61. The van der Waals surface area contributed by atoms with Crippen molar-refractivity contribution in [2.45, 2.75) is 39.5 Å². The van der Waals surface area contributed by atoms with Crippen molar-refractivity contribution in [3.63, 3.8) is 0 Å². The second kappa shape index (κ2) is 17.4. The van der Waals surface area contributed by atoms with Crippen LogP contribution in [0.1, 0.15) is 48.5 Å². The molecular formula is C32H38O6. The number of benzene rings is 3. The maximum absolute atomic E-state index is 10.8. The summed E-state index contributed by atoms with van der Waals surface area (Å²) in [5, 5.41) is 0. The third kappa shape index (κ3) is 10.9. The minimum absolute atomic E-state index is 0.368. The molecule has 0 saturated carbocycles. The molecule has 0 spiro atoms. The van der Waals surface area contributed by atoms with Gasteiger partial charge in [-0.05, 0) is 105 Å². The SMILES string of the molecule is C=CC(=O)OCCCCCCOc1ccc(C=O)cc1.CCOc1ccc(-c2ccc(OC)cc2C)cc1. The van der Waals surface area contributed by atoms with E-state index >= 15 is 0 Å². The monoisotopic (exact) mass is 518 g/mol. The van der Waals surface area contributed by atoms with Gasteiger partial charge in [0.2, 0.25) is 0 Å². The third-order valence-corrected chi connectivity index (χ3v) is 5.64. The van der Waals surface area contributed by atoms with Crippen LogP contribution in [-0.2, 0) is 9.53 Å². The highest BCUT2D eigenvalue weighted by Crippen LogP contribution is 2.28. The molecule has 3 aromatic carbocycles. The van der Waals surface area contributed by atoms with E-state index in [0.717, 1.165) is 49.2 Å². The van der Waals surface area contributed by atoms with E-state index < -0.39 is 0 Å². The first-order chi connectivity index (χ1) is 18.5. The van der Waals surface area contributed by atoms with Crippen LogP contribution in [0.2, 0.25) is 0 Å². The number of carbonyl (C=O) groups excluding carboxylic acids is 2. The molecule has 0 unspecified atom stereocenters. The summed E-state index contributed by atoms with van der Waals surface area (Å²) in [5.41, 5.74) is 4.27. The lowest BCUT2D eigenvalue weighted by molar-refractivity contribution is -0.137. The van der Waals surface area contributed by atoms with Gasteiger partial charge in [0, 0.05) is 11.6 Å². The summed E-state index contributed by atoms with van der Waals surface area (Å²) in [6.45, 7) is 9.19. The van der Waals surface area contributed by atoms with Gasteiger partial charge in [-0.2, -0.15) is 0 Å². The van der Waals surface area contributed by atoms with Gasteiger partial charge in [-0.3, -0.25) is 4.79 Å². The van der Waals surface area contributed by atoms with Crippen molar-refractivity contribution in [3.05, 3.63) is 90.5 Å². The highest BCUT2D eigenvalue weighted by molar-refractivity contribution is 5.81. The Morgan fingerprint density at radius 2 is 1.42 bits per heavy atom. The summed E-state index contributed by atoms with van der Waals surface area (Å²) >= 11 is 0. The van der Waals surface area contributed by atoms with Crippen LogP contribution in [0, 0.1) is 6.92 Å². The molecule has 6 heteroatoms. The number of aldehydes is 1. The van der Waals surface area contributed by atoms with Crippen molar-refractivity contribution in [1.29, 1.82) is 0 Å². The van der Waals surface area contributed by atoms with E-state index in [1.165, 1.54) is 22.8 Å². The fourth-order valence-electron chi connectivity index (χ4n) is 3.61. The number of hydrogen-bond donors (Lipinski definition) is 0. The van der Waals surface area contributed by atoms with Gasteiger partial charge in [0.15, 0.2) is 0 Å². The number of ether oxygens (including phenoxy) is 4. The molecule has 0 saturated heterocycles. The lowest BCUT2D eigenvalue weighted by atomic mass is 10.0. The lowest BCUT2D eigenvalue weighted by Gasteiger charge is -2.09. The molecule has 0 fully saturated rings. The Morgan fingerprint density at radius 1 is 0.816 bits per heavy atom. The zero-order valence-corrected chi connectivity index (χ0v) is 22.6. The first-order valence-electron chi connectivity index (χ1n) is 12.9. The molecule has 0 bridgehead atoms. The minimum Gasteiger partial charge on any atom is -0.497 e. The summed E-state index contributed by atoms with van der Waals surface area (Å²) in [6.07, 6.45) is 5.81. The van der Waals surface area contributed by atoms with Crippen molar-refractivity contribution < 1.29 is 28.5 Å². The standard InChI is InChI=1S/C16H20O4.C16H18O2/c1-2-16(18)20-12-6-4-3-5-11-19-15-9-7-14(13-17)8-10-15;1-4-18-14-7-5-13(6-8-14)16-10-9-15(17-3)11-12(16)2/h2,7-10,13H,1,3-6,11-12H2;5-11H,4H2,1-3H3. The number of aryl methyl sites for hydroxylation is 1. The predicted octanol–water partition coefficient (Wildman–Crippen LogP) is 7.24. The Kier molecular flexibility index (Phi) is 13.8. The molecule has 3 rings (SSSR count). The highest BCUT2D eigenvalue weighted by Gasteiger charge is 2.04. The van der Waals surface area contributed by atoms with E-state index in [0.29, 0.717) is 25.4 Å². The molecule has 0 amide bonds. The molecule has 38 heavy (non-hydrogen) atoms. The van der Waals surface area contributed by atoms with Gasteiger partial charge in [0.1, 0.15) is 23.5 Å². The molecule has 0 N–H and O–H groups in total. The Hall–Kier alpha value is -4.06. The number of methoxy groups -OCH3 is 1. The van der Waals surface area contributed by atoms with Crippen LogP contribution < -0.4 is 14.2 Å². The van der Waals surface area contributed by atoms with Crippen molar-refractivity contribution >= 4 is 12.3 Å². The maximum Gasteiger partial charge on any atom is 0.330 e. The van der Waals surface area contributed by atoms with Crippen molar-refractivity contribution in [3.8, 4) is 28.4 Å². The molecule has 0 atom stereocenters. The largest absolute Gasteiger partial charge is 0.497 e. The lowest BCUT2D eigenvalue weighted by Crippen LogP contribution is -2.02. The minimum atomic E-state index is -0.368. The van der Waals surface area contributed by atoms with Crippen molar-refractivity contribution in [1.82, 2.24) is 0 Å². The molecule has 6 nitrogen and oxygen atoms in total. The Balaban J connectivity index is 0.000000268. The summed E-state index contributed by atoms with van der Waals surface area (Å²) in [6, 6.07) is 21.3. The van der Waals surface area contributed by atoms with E-state index in [4.69, 9.17) is 18.9 Å². The predicted molar refractivity (Wildman–Crippen MR) is 151 cm³/mol. The molecule has 202 valence electrons. The Bertz CT molecular complexity index is 1120. The number of carbonyl (C=O) groups is 2. The molecule has 0 aliphatic carbocycles. The summed E-state index contributed by atoms with van der Waals surface area (Å²) in [7, 11) is 1.69. The topological polar surface area (TPSA) is 71.1 Å². The van der Waals surface area contributed by atoms with Crippen LogP contribution >= 0.6 is 0 Å². The van der Waals surface area contributed by atoms with Gasteiger partial charge in [-0.1, -0.05) is 24.8 Å². The van der Waals surface area contributed by atoms with E-state index in [-0.39, 0.29) is 5.97 Å². The van der Waals surface area contributed by atoms with Gasteiger partial charge in [0.25, 0.3) is 0 Å². The summed E-state index contributed by atoms with van der Waals surface area (Å²) in [4.78, 5) is 21.3. The number of rotatable bonds is 14. The summed E-state index contributed by atoms with van der Waals surface area (Å²) in [5.74, 6) is 2.21. The average molecular weight is 519 g/mol. The maximum atomic E-state index is 10.8. The molecular weight excluding hydrogens is 480 g/mol. The second-order valence-electron chi connectivity index (χ2n) is 8.46. The van der Waals surface area contributed by atoms with E-state index in [9.17, 15) is 9.59 Å². The summed E-state index contributed by atoms with van der Waals surface area (Å²) < 4.78 is 21.1. The van der Waals surface area contributed by atoms with Gasteiger partial charge in [0.05, 0.1) is 26.9 Å². The Morgan fingerprint density at radius 3 is 2.00 bits per heavy atom. The molecule has 0 heterocycles. The van der Waals surface area contributed by atoms with Crippen LogP contribution in [0.25, 0.3) is 11.1 Å². The van der Waals surface area contributed by atoms with Crippen LogP contribution in [0.15, 0.2) is 79.4 Å².